The minimum absolute atomic E-state index is 0.164. The number of hydrogen-bond donors (Lipinski definition) is 0. The SMILES string of the molecule is CCOC(=O)CN(Cc1ccc(Br)cc1)C(C)C. The van der Waals surface area contributed by atoms with Gasteiger partial charge in [-0.1, -0.05) is 28.1 Å². The first-order chi connectivity index (χ1) is 8.52. The molecule has 0 unspecified atom stereocenters. The highest BCUT2D eigenvalue weighted by Gasteiger charge is 2.15. The maximum Gasteiger partial charge on any atom is 0.320 e. The summed E-state index contributed by atoms with van der Waals surface area (Å²) in [6.07, 6.45) is 0. The summed E-state index contributed by atoms with van der Waals surface area (Å²) in [6.45, 7) is 7.51. The quantitative estimate of drug-likeness (QED) is 0.755. The zero-order valence-corrected chi connectivity index (χ0v) is 12.7. The maximum atomic E-state index is 11.5. The fraction of sp³-hybridized carbons (Fsp3) is 0.500. The molecule has 0 aliphatic heterocycles. The first-order valence-corrected chi connectivity index (χ1v) is 6.96. The molecule has 0 heterocycles. The highest BCUT2D eigenvalue weighted by Crippen LogP contribution is 2.13. The van der Waals surface area contributed by atoms with Crippen molar-refractivity contribution in [3.63, 3.8) is 0 Å². The van der Waals surface area contributed by atoms with Crippen LogP contribution in [0.3, 0.4) is 0 Å². The van der Waals surface area contributed by atoms with Gasteiger partial charge in [-0.3, -0.25) is 9.69 Å². The summed E-state index contributed by atoms with van der Waals surface area (Å²) in [5.74, 6) is -0.164. The first kappa shape index (κ1) is 15.2. The Morgan fingerprint density at radius 2 is 1.94 bits per heavy atom. The summed E-state index contributed by atoms with van der Waals surface area (Å²) in [5.41, 5.74) is 1.19. The lowest BCUT2D eigenvalue weighted by molar-refractivity contribution is -0.145. The van der Waals surface area contributed by atoms with Crippen LogP contribution in [0.4, 0.5) is 0 Å². The van der Waals surface area contributed by atoms with E-state index < -0.39 is 0 Å². The summed E-state index contributed by atoms with van der Waals surface area (Å²) >= 11 is 3.41. The van der Waals surface area contributed by atoms with Crippen LogP contribution in [-0.4, -0.2) is 30.1 Å². The van der Waals surface area contributed by atoms with Crippen LogP contribution in [0.1, 0.15) is 26.3 Å². The van der Waals surface area contributed by atoms with Gasteiger partial charge in [0, 0.05) is 17.1 Å². The number of esters is 1. The lowest BCUT2D eigenvalue weighted by Crippen LogP contribution is -2.35. The van der Waals surface area contributed by atoms with Crippen LogP contribution in [-0.2, 0) is 16.1 Å². The molecule has 0 aromatic heterocycles. The number of ether oxygens (including phenoxy) is 1. The van der Waals surface area contributed by atoms with E-state index in [0.29, 0.717) is 19.2 Å². The van der Waals surface area contributed by atoms with E-state index in [1.807, 2.05) is 19.1 Å². The molecule has 0 saturated heterocycles. The van der Waals surface area contributed by atoms with Crippen molar-refractivity contribution in [1.82, 2.24) is 4.90 Å². The average Bonchev–Trinajstić information content (AvgIpc) is 2.31. The first-order valence-electron chi connectivity index (χ1n) is 6.17. The van der Waals surface area contributed by atoms with Gasteiger partial charge in [-0.15, -0.1) is 0 Å². The fourth-order valence-electron chi connectivity index (χ4n) is 1.62. The van der Waals surface area contributed by atoms with Gasteiger partial charge < -0.3 is 4.74 Å². The van der Waals surface area contributed by atoms with Crippen LogP contribution in [0.5, 0.6) is 0 Å². The van der Waals surface area contributed by atoms with Gasteiger partial charge in [0.2, 0.25) is 0 Å². The van der Waals surface area contributed by atoms with Crippen LogP contribution in [0.25, 0.3) is 0 Å². The summed E-state index contributed by atoms with van der Waals surface area (Å²) in [6, 6.07) is 8.45. The third kappa shape index (κ3) is 5.19. The van der Waals surface area contributed by atoms with E-state index in [4.69, 9.17) is 4.74 Å². The fourth-order valence-corrected chi connectivity index (χ4v) is 1.88. The second-order valence-electron chi connectivity index (χ2n) is 4.43. The molecule has 0 spiro atoms. The Morgan fingerprint density at radius 1 is 1.33 bits per heavy atom. The number of carbonyl (C=O) groups excluding carboxylic acids is 1. The van der Waals surface area contributed by atoms with E-state index in [9.17, 15) is 4.79 Å². The number of halogens is 1. The van der Waals surface area contributed by atoms with Gasteiger partial charge in [0.1, 0.15) is 0 Å². The van der Waals surface area contributed by atoms with Crippen LogP contribution >= 0.6 is 15.9 Å². The molecule has 1 aromatic carbocycles. The van der Waals surface area contributed by atoms with Gasteiger partial charge in [0.25, 0.3) is 0 Å². The van der Waals surface area contributed by atoms with Crippen molar-refractivity contribution in [2.75, 3.05) is 13.2 Å². The molecule has 1 aromatic rings. The molecule has 18 heavy (non-hydrogen) atoms. The molecule has 3 nitrogen and oxygen atoms in total. The van der Waals surface area contributed by atoms with E-state index in [2.05, 4.69) is 46.8 Å². The zero-order valence-electron chi connectivity index (χ0n) is 11.1. The summed E-state index contributed by atoms with van der Waals surface area (Å²) in [7, 11) is 0. The number of hydrogen-bond acceptors (Lipinski definition) is 3. The minimum Gasteiger partial charge on any atom is -0.465 e. The summed E-state index contributed by atoms with van der Waals surface area (Å²) in [4.78, 5) is 13.6. The van der Waals surface area contributed by atoms with Crippen molar-refractivity contribution >= 4 is 21.9 Å². The predicted octanol–water partition coefficient (Wildman–Crippen LogP) is 3.22. The molecule has 0 aliphatic rings. The molecular formula is C14H20BrNO2. The van der Waals surface area contributed by atoms with E-state index >= 15 is 0 Å². The van der Waals surface area contributed by atoms with E-state index in [1.165, 1.54) is 5.56 Å². The van der Waals surface area contributed by atoms with Crippen molar-refractivity contribution in [2.24, 2.45) is 0 Å². The van der Waals surface area contributed by atoms with Gasteiger partial charge >= 0.3 is 5.97 Å². The molecular weight excluding hydrogens is 294 g/mol. The Kier molecular flexibility index (Phi) is 6.36. The van der Waals surface area contributed by atoms with Crippen LogP contribution in [0.15, 0.2) is 28.7 Å². The van der Waals surface area contributed by atoms with E-state index in [0.717, 1.165) is 11.0 Å². The highest BCUT2D eigenvalue weighted by atomic mass is 79.9. The topological polar surface area (TPSA) is 29.5 Å². The maximum absolute atomic E-state index is 11.5. The Hall–Kier alpha value is -0.870. The van der Waals surface area contributed by atoms with Crippen LogP contribution < -0.4 is 0 Å². The van der Waals surface area contributed by atoms with Crippen molar-refractivity contribution < 1.29 is 9.53 Å². The molecule has 0 amide bonds. The van der Waals surface area contributed by atoms with Gasteiger partial charge in [-0.2, -0.15) is 0 Å². The molecule has 100 valence electrons. The van der Waals surface area contributed by atoms with Gasteiger partial charge in [-0.05, 0) is 38.5 Å². The number of nitrogens with zero attached hydrogens (tertiary/aromatic N) is 1. The van der Waals surface area contributed by atoms with Crippen molar-refractivity contribution in [3.05, 3.63) is 34.3 Å². The van der Waals surface area contributed by atoms with Crippen LogP contribution in [0, 0.1) is 0 Å². The van der Waals surface area contributed by atoms with Crippen molar-refractivity contribution in [2.45, 2.75) is 33.4 Å². The third-order valence-electron chi connectivity index (χ3n) is 2.67. The average molecular weight is 314 g/mol. The standard InChI is InChI=1S/C14H20BrNO2/c1-4-18-14(17)10-16(11(2)3)9-12-5-7-13(15)8-6-12/h5-8,11H,4,9-10H2,1-3H3. The molecule has 1 rings (SSSR count). The highest BCUT2D eigenvalue weighted by molar-refractivity contribution is 9.10. The lowest BCUT2D eigenvalue weighted by atomic mass is 10.2. The smallest absolute Gasteiger partial charge is 0.320 e. The number of carbonyl (C=O) groups is 1. The second-order valence-corrected chi connectivity index (χ2v) is 5.35. The number of benzene rings is 1. The van der Waals surface area contributed by atoms with E-state index in [-0.39, 0.29) is 5.97 Å². The molecule has 0 saturated carbocycles. The molecule has 0 N–H and O–H groups in total. The van der Waals surface area contributed by atoms with Crippen molar-refractivity contribution in [3.8, 4) is 0 Å². The van der Waals surface area contributed by atoms with Gasteiger partial charge in [0.05, 0.1) is 13.2 Å². The Labute approximate surface area is 117 Å². The summed E-state index contributed by atoms with van der Waals surface area (Å²) in [5, 5.41) is 0. The molecule has 0 radical (unpaired) electrons. The van der Waals surface area contributed by atoms with Crippen LogP contribution in [0.2, 0.25) is 0 Å². The molecule has 0 atom stereocenters. The molecule has 0 aliphatic carbocycles. The third-order valence-corrected chi connectivity index (χ3v) is 3.20. The Bertz CT molecular complexity index is 376. The predicted molar refractivity (Wildman–Crippen MR) is 76.3 cm³/mol. The van der Waals surface area contributed by atoms with Gasteiger partial charge in [0.15, 0.2) is 0 Å². The van der Waals surface area contributed by atoms with Gasteiger partial charge in [-0.25, -0.2) is 0 Å². The Morgan fingerprint density at radius 3 is 2.44 bits per heavy atom. The molecule has 0 fully saturated rings. The van der Waals surface area contributed by atoms with E-state index in [1.54, 1.807) is 0 Å². The van der Waals surface area contributed by atoms with Crippen molar-refractivity contribution in [1.29, 1.82) is 0 Å². The minimum atomic E-state index is -0.164. The summed E-state index contributed by atoms with van der Waals surface area (Å²) < 4.78 is 6.05. The number of rotatable bonds is 6. The molecule has 4 heteroatoms. The Balaban J connectivity index is 2.62. The lowest BCUT2D eigenvalue weighted by Gasteiger charge is -2.25. The zero-order chi connectivity index (χ0) is 13.5. The molecule has 0 bridgehead atoms. The second kappa shape index (κ2) is 7.54. The normalized spacial score (nSPS) is 11.0. The monoisotopic (exact) mass is 313 g/mol. The largest absolute Gasteiger partial charge is 0.465 e.